The summed E-state index contributed by atoms with van der Waals surface area (Å²) < 4.78 is 5.50. The van der Waals surface area contributed by atoms with Crippen LogP contribution in [0.25, 0.3) is 11.1 Å². The van der Waals surface area contributed by atoms with Crippen molar-refractivity contribution in [3.8, 4) is 11.1 Å². The predicted molar refractivity (Wildman–Crippen MR) is 130 cm³/mol. The van der Waals surface area contributed by atoms with Gasteiger partial charge in [0.1, 0.15) is 0 Å². The van der Waals surface area contributed by atoms with Crippen LogP contribution in [-0.2, 0) is 14.9 Å². The molecule has 3 aromatic rings. The summed E-state index contributed by atoms with van der Waals surface area (Å²) in [5, 5.41) is 13.8. The number of aliphatic carboxylic acids is 1. The maximum atomic E-state index is 12.4. The fourth-order valence-electron chi connectivity index (χ4n) is 4.12. The molecule has 0 heterocycles. The van der Waals surface area contributed by atoms with E-state index in [4.69, 9.17) is 4.74 Å². The van der Waals surface area contributed by atoms with Crippen LogP contribution < -0.4 is 5.32 Å². The van der Waals surface area contributed by atoms with Crippen molar-refractivity contribution < 1.29 is 19.4 Å². The molecule has 0 fully saturated rings. The number of hydrogen-bond acceptors (Lipinski definition) is 3. The van der Waals surface area contributed by atoms with E-state index in [1.165, 1.54) is 11.1 Å². The first kappa shape index (κ1) is 23.1. The Morgan fingerprint density at radius 1 is 0.970 bits per heavy atom. The van der Waals surface area contributed by atoms with Crippen LogP contribution in [-0.4, -0.2) is 44.8 Å². The molecular weight excluding hydrogens is 481 g/mol. The third kappa shape index (κ3) is 5.65. The van der Waals surface area contributed by atoms with Gasteiger partial charge in [0.05, 0.1) is 0 Å². The number of carbonyl (C=O) groups is 2. The quantitative estimate of drug-likeness (QED) is 0.315. The molecular formula is C27H27NO4Se. The fraction of sp³-hybridized carbons (Fsp3) is 0.259. The minimum atomic E-state index is -1.03. The number of benzene rings is 3. The van der Waals surface area contributed by atoms with Crippen molar-refractivity contribution in [1.29, 1.82) is 0 Å². The summed E-state index contributed by atoms with van der Waals surface area (Å²) in [4.78, 5) is 24.1. The zero-order valence-corrected chi connectivity index (χ0v) is 20.2. The minimum absolute atomic E-state index is 0.0516. The Morgan fingerprint density at radius 2 is 1.58 bits per heavy atom. The standard InChI is InChI=1S/C27H27NO4Se/c1-18-10-12-19(13-11-18)17-33-15-14-25(26(29)30)28-27(31)32-16-24-22-8-4-2-6-20(22)21-7-3-5-9-23(21)24/h2-13,24-25H,14-17H2,1H3,(H,28,31)(H,29,30)/t25-/m0/s1. The third-order valence-electron chi connectivity index (χ3n) is 5.87. The molecule has 1 aliphatic carbocycles. The molecule has 0 saturated carbocycles. The number of amides is 1. The number of aryl methyl sites for hydroxylation is 1. The average molecular weight is 508 g/mol. The van der Waals surface area contributed by atoms with Crippen molar-refractivity contribution in [2.45, 2.75) is 35.9 Å². The monoisotopic (exact) mass is 509 g/mol. The first-order valence-corrected chi connectivity index (χ1v) is 13.4. The summed E-state index contributed by atoms with van der Waals surface area (Å²) in [6.45, 7) is 2.23. The number of alkyl carbamates (subject to hydrolysis) is 1. The zero-order chi connectivity index (χ0) is 23.2. The van der Waals surface area contributed by atoms with Crippen LogP contribution in [0.3, 0.4) is 0 Å². The van der Waals surface area contributed by atoms with Gasteiger partial charge in [-0.2, -0.15) is 0 Å². The first-order valence-electron chi connectivity index (χ1n) is 11.0. The molecule has 0 saturated heterocycles. The van der Waals surface area contributed by atoms with Crippen molar-refractivity contribution >= 4 is 27.0 Å². The molecule has 0 aromatic heterocycles. The number of rotatable bonds is 9. The van der Waals surface area contributed by atoms with Crippen LogP contribution in [0.4, 0.5) is 4.79 Å². The van der Waals surface area contributed by atoms with Crippen molar-refractivity contribution in [2.75, 3.05) is 6.61 Å². The SMILES string of the molecule is Cc1ccc(C[Se]CC[C@H](NC(=O)OCC2c3ccccc3-c3ccccc32)C(=O)O)cc1. The molecule has 5 nitrogen and oxygen atoms in total. The van der Waals surface area contributed by atoms with E-state index >= 15 is 0 Å². The Kier molecular flexibility index (Phi) is 7.48. The van der Waals surface area contributed by atoms with Gasteiger partial charge in [0.2, 0.25) is 0 Å². The summed E-state index contributed by atoms with van der Waals surface area (Å²) in [6.07, 6.45) is -0.291. The molecule has 0 aliphatic heterocycles. The van der Waals surface area contributed by atoms with Crippen molar-refractivity contribution in [3.63, 3.8) is 0 Å². The Morgan fingerprint density at radius 3 is 2.18 bits per heavy atom. The van der Waals surface area contributed by atoms with Crippen LogP contribution in [0.2, 0.25) is 5.32 Å². The molecule has 2 N–H and O–H groups in total. The topological polar surface area (TPSA) is 75.6 Å². The van der Waals surface area contributed by atoms with E-state index in [1.54, 1.807) is 0 Å². The van der Waals surface area contributed by atoms with Crippen LogP contribution in [0.1, 0.15) is 34.6 Å². The summed E-state index contributed by atoms with van der Waals surface area (Å²) in [7, 11) is 0. The van der Waals surface area contributed by atoms with Crippen molar-refractivity contribution in [3.05, 3.63) is 95.1 Å². The predicted octanol–water partition coefficient (Wildman–Crippen LogP) is 5.00. The second-order valence-electron chi connectivity index (χ2n) is 8.19. The van der Waals surface area contributed by atoms with Gasteiger partial charge in [0.25, 0.3) is 0 Å². The Labute approximate surface area is 200 Å². The van der Waals surface area contributed by atoms with Gasteiger partial charge < -0.3 is 0 Å². The van der Waals surface area contributed by atoms with Gasteiger partial charge >= 0.3 is 200 Å². The summed E-state index contributed by atoms with van der Waals surface area (Å²) in [5.41, 5.74) is 7.05. The van der Waals surface area contributed by atoms with Gasteiger partial charge in [0.15, 0.2) is 0 Å². The van der Waals surface area contributed by atoms with Crippen LogP contribution >= 0.6 is 0 Å². The average Bonchev–Trinajstić information content (AvgIpc) is 3.14. The molecule has 0 spiro atoms. The van der Waals surface area contributed by atoms with E-state index in [0.717, 1.165) is 32.9 Å². The molecule has 0 unspecified atom stereocenters. The fourth-order valence-corrected chi connectivity index (χ4v) is 6.16. The van der Waals surface area contributed by atoms with Crippen molar-refractivity contribution in [2.24, 2.45) is 0 Å². The van der Waals surface area contributed by atoms with E-state index in [9.17, 15) is 14.7 Å². The van der Waals surface area contributed by atoms with Crippen LogP contribution in [0.5, 0.6) is 0 Å². The number of hydrogen-bond donors (Lipinski definition) is 2. The normalized spacial score (nSPS) is 13.1. The van der Waals surface area contributed by atoms with E-state index in [1.807, 2.05) is 24.3 Å². The van der Waals surface area contributed by atoms with Gasteiger partial charge in [-0.05, 0) is 0 Å². The van der Waals surface area contributed by atoms with Gasteiger partial charge in [-0.15, -0.1) is 0 Å². The molecule has 1 amide bonds. The molecule has 6 heteroatoms. The number of ether oxygens (including phenoxy) is 1. The Hall–Kier alpha value is -3.08. The number of carboxylic acids is 1. The number of carboxylic acid groups (broad SMARTS) is 1. The molecule has 0 radical (unpaired) electrons. The van der Waals surface area contributed by atoms with E-state index in [-0.39, 0.29) is 27.5 Å². The second kappa shape index (κ2) is 10.7. The zero-order valence-electron chi connectivity index (χ0n) is 18.5. The summed E-state index contributed by atoms with van der Waals surface area (Å²) >= 11 is 0.270. The molecule has 3 aromatic carbocycles. The van der Waals surface area contributed by atoms with Crippen molar-refractivity contribution in [1.82, 2.24) is 5.32 Å². The Bertz CT molecular complexity index is 1080. The van der Waals surface area contributed by atoms with Crippen LogP contribution in [0, 0.1) is 6.92 Å². The molecule has 1 aliphatic rings. The van der Waals surface area contributed by atoms with Gasteiger partial charge in [-0.25, -0.2) is 0 Å². The van der Waals surface area contributed by atoms with Gasteiger partial charge in [-0.1, -0.05) is 0 Å². The van der Waals surface area contributed by atoms with E-state index in [0.29, 0.717) is 6.42 Å². The summed E-state index contributed by atoms with van der Waals surface area (Å²) in [5.74, 6) is -1.08. The summed E-state index contributed by atoms with van der Waals surface area (Å²) in [6, 6.07) is 23.7. The van der Waals surface area contributed by atoms with Gasteiger partial charge in [0, 0.05) is 0 Å². The second-order valence-corrected chi connectivity index (χ2v) is 10.5. The first-order chi connectivity index (χ1) is 16.0. The molecule has 4 rings (SSSR count). The molecule has 0 bridgehead atoms. The Balaban J connectivity index is 1.29. The molecule has 1 atom stereocenters. The number of carbonyl (C=O) groups excluding carboxylic acids is 1. The third-order valence-corrected chi connectivity index (χ3v) is 8.10. The van der Waals surface area contributed by atoms with E-state index in [2.05, 4.69) is 60.8 Å². The van der Waals surface area contributed by atoms with Crippen LogP contribution in [0.15, 0.2) is 72.8 Å². The maximum absolute atomic E-state index is 12.4. The molecule has 33 heavy (non-hydrogen) atoms. The molecule has 170 valence electrons. The van der Waals surface area contributed by atoms with Gasteiger partial charge in [-0.3, -0.25) is 0 Å². The number of nitrogens with one attached hydrogen (secondary N) is 1. The van der Waals surface area contributed by atoms with E-state index < -0.39 is 18.1 Å². The number of fused-ring (bicyclic) bond motifs is 3.